The Morgan fingerprint density at radius 1 is 1.35 bits per heavy atom. The quantitative estimate of drug-likeness (QED) is 0.895. The van der Waals surface area contributed by atoms with Gasteiger partial charge in [-0.25, -0.2) is 4.98 Å². The van der Waals surface area contributed by atoms with Crippen LogP contribution < -0.4 is 0 Å². The fourth-order valence-electron chi connectivity index (χ4n) is 3.98. The summed E-state index contributed by atoms with van der Waals surface area (Å²) in [5, 5.41) is 9.42. The van der Waals surface area contributed by atoms with Gasteiger partial charge in [-0.3, -0.25) is 4.79 Å². The van der Waals surface area contributed by atoms with Crippen molar-refractivity contribution in [2.45, 2.75) is 45.4 Å². The van der Waals surface area contributed by atoms with Crippen molar-refractivity contribution in [2.75, 3.05) is 0 Å². The molecule has 0 aliphatic heterocycles. The number of carboxylic acid groups (broad SMARTS) is 1. The fraction of sp³-hybridized carbons (Fsp3) is 0.474. The summed E-state index contributed by atoms with van der Waals surface area (Å²) in [5.74, 6) is -0.339. The van der Waals surface area contributed by atoms with Crippen LogP contribution in [0.25, 0.3) is 0 Å². The molecule has 3 rings (SSSR count). The van der Waals surface area contributed by atoms with Crippen LogP contribution in [0.15, 0.2) is 30.7 Å². The topological polar surface area (TPSA) is 66.0 Å². The van der Waals surface area contributed by atoms with Crippen molar-refractivity contribution < 1.29 is 9.90 Å². The van der Waals surface area contributed by atoms with Crippen molar-refractivity contribution in [3.63, 3.8) is 0 Å². The second-order valence-corrected chi connectivity index (χ2v) is 6.74. The summed E-state index contributed by atoms with van der Waals surface area (Å²) in [6.07, 6.45) is 7.19. The van der Waals surface area contributed by atoms with Crippen LogP contribution in [0.3, 0.4) is 0 Å². The Balaban J connectivity index is 2.00. The van der Waals surface area contributed by atoms with Gasteiger partial charge in [-0.2, -0.15) is 0 Å². The molecule has 1 heterocycles. The first kappa shape index (κ1) is 15.8. The van der Waals surface area contributed by atoms with Gasteiger partial charge in [0.15, 0.2) is 0 Å². The number of aryl methyl sites for hydroxylation is 1. The number of nitrogens with zero attached hydrogens (tertiary/aromatic N) is 1. The molecule has 0 bridgehead atoms. The molecular formula is C19H24N2O2. The molecule has 122 valence electrons. The molecule has 1 saturated carbocycles. The highest BCUT2D eigenvalue weighted by molar-refractivity contribution is 5.70. The van der Waals surface area contributed by atoms with Crippen molar-refractivity contribution in [1.82, 2.24) is 9.97 Å². The van der Waals surface area contributed by atoms with E-state index in [-0.39, 0.29) is 11.8 Å². The molecule has 2 N–H and O–H groups in total. The summed E-state index contributed by atoms with van der Waals surface area (Å²) in [4.78, 5) is 18.9. The van der Waals surface area contributed by atoms with Crippen LogP contribution >= 0.6 is 0 Å². The molecule has 23 heavy (non-hydrogen) atoms. The summed E-state index contributed by atoms with van der Waals surface area (Å²) < 4.78 is 0. The molecule has 3 atom stereocenters. The minimum Gasteiger partial charge on any atom is -0.481 e. The molecule has 0 radical (unpaired) electrons. The lowest BCUT2D eigenvalue weighted by atomic mass is 9.71. The Morgan fingerprint density at radius 3 is 2.87 bits per heavy atom. The SMILES string of the molecule is Cc1cccc(C(c2cnc[nH]2)C2CCCC(C(=O)O)C2)c1C. The number of imidazole rings is 1. The number of H-pyrrole nitrogens is 1. The third kappa shape index (κ3) is 3.16. The number of hydrogen-bond acceptors (Lipinski definition) is 2. The van der Waals surface area contributed by atoms with E-state index in [1.807, 2.05) is 6.20 Å². The van der Waals surface area contributed by atoms with E-state index in [9.17, 15) is 9.90 Å². The number of rotatable bonds is 4. The van der Waals surface area contributed by atoms with E-state index in [1.165, 1.54) is 16.7 Å². The minimum absolute atomic E-state index is 0.194. The maximum Gasteiger partial charge on any atom is 0.306 e. The van der Waals surface area contributed by atoms with Crippen LogP contribution in [0, 0.1) is 25.7 Å². The first-order valence-corrected chi connectivity index (χ1v) is 8.35. The number of carbonyl (C=O) groups is 1. The zero-order valence-corrected chi connectivity index (χ0v) is 13.7. The zero-order chi connectivity index (χ0) is 16.4. The summed E-state index contributed by atoms with van der Waals surface area (Å²) in [6.45, 7) is 4.29. The summed E-state index contributed by atoms with van der Waals surface area (Å²) in [6, 6.07) is 6.40. The first-order chi connectivity index (χ1) is 11.1. The number of carboxylic acids is 1. The molecule has 1 aromatic carbocycles. The Morgan fingerprint density at radius 2 is 2.17 bits per heavy atom. The van der Waals surface area contributed by atoms with Crippen molar-refractivity contribution in [3.05, 3.63) is 53.1 Å². The van der Waals surface area contributed by atoms with E-state index in [0.717, 1.165) is 31.4 Å². The molecular weight excluding hydrogens is 288 g/mol. The second-order valence-electron chi connectivity index (χ2n) is 6.74. The van der Waals surface area contributed by atoms with Gasteiger partial charge in [0.2, 0.25) is 0 Å². The Kier molecular flexibility index (Phi) is 4.51. The monoisotopic (exact) mass is 312 g/mol. The molecule has 1 aliphatic carbocycles. The largest absolute Gasteiger partial charge is 0.481 e. The molecule has 0 amide bonds. The van der Waals surface area contributed by atoms with E-state index < -0.39 is 5.97 Å². The van der Waals surface area contributed by atoms with Gasteiger partial charge in [0.1, 0.15) is 0 Å². The van der Waals surface area contributed by atoms with Gasteiger partial charge in [-0.1, -0.05) is 24.6 Å². The molecule has 4 heteroatoms. The van der Waals surface area contributed by atoms with E-state index in [2.05, 4.69) is 42.0 Å². The van der Waals surface area contributed by atoms with Crippen LogP contribution in [-0.4, -0.2) is 21.0 Å². The highest BCUT2D eigenvalue weighted by Crippen LogP contribution is 2.42. The summed E-state index contributed by atoms with van der Waals surface area (Å²) >= 11 is 0. The molecule has 0 saturated heterocycles. The Labute approximate surface area is 137 Å². The van der Waals surface area contributed by atoms with E-state index in [1.54, 1.807) is 6.33 Å². The Bertz CT molecular complexity index is 679. The van der Waals surface area contributed by atoms with Gasteiger partial charge < -0.3 is 10.1 Å². The average molecular weight is 312 g/mol. The number of aromatic nitrogens is 2. The zero-order valence-electron chi connectivity index (χ0n) is 13.7. The third-order valence-electron chi connectivity index (χ3n) is 5.37. The van der Waals surface area contributed by atoms with Gasteiger partial charge in [-0.15, -0.1) is 0 Å². The van der Waals surface area contributed by atoms with Crippen LogP contribution in [-0.2, 0) is 4.79 Å². The first-order valence-electron chi connectivity index (χ1n) is 8.35. The number of aliphatic carboxylic acids is 1. The Hall–Kier alpha value is -2.10. The minimum atomic E-state index is -0.654. The van der Waals surface area contributed by atoms with Crippen molar-refractivity contribution >= 4 is 5.97 Å². The van der Waals surface area contributed by atoms with Crippen molar-refractivity contribution in [1.29, 1.82) is 0 Å². The maximum absolute atomic E-state index is 11.4. The normalized spacial score (nSPS) is 22.7. The lowest BCUT2D eigenvalue weighted by molar-refractivity contribution is -0.143. The van der Waals surface area contributed by atoms with Crippen molar-refractivity contribution in [3.8, 4) is 0 Å². The van der Waals surface area contributed by atoms with Crippen LogP contribution in [0.4, 0.5) is 0 Å². The number of hydrogen-bond donors (Lipinski definition) is 2. The van der Waals surface area contributed by atoms with Crippen LogP contribution in [0.5, 0.6) is 0 Å². The highest BCUT2D eigenvalue weighted by Gasteiger charge is 2.34. The molecule has 1 fully saturated rings. The predicted octanol–water partition coefficient (Wildman–Crippen LogP) is 4.05. The summed E-state index contributed by atoms with van der Waals surface area (Å²) in [5.41, 5.74) is 4.96. The molecule has 2 aromatic rings. The highest BCUT2D eigenvalue weighted by atomic mass is 16.4. The standard InChI is InChI=1S/C19H24N2O2/c1-12-5-3-8-16(13(12)2)18(17-10-20-11-21-17)14-6-4-7-15(9-14)19(22)23/h3,5,8,10-11,14-15,18H,4,6-7,9H2,1-2H3,(H,20,21)(H,22,23). The van der Waals surface area contributed by atoms with E-state index >= 15 is 0 Å². The van der Waals surface area contributed by atoms with Gasteiger partial charge >= 0.3 is 5.97 Å². The summed E-state index contributed by atoms with van der Waals surface area (Å²) in [7, 11) is 0. The number of benzene rings is 1. The van der Waals surface area contributed by atoms with E-state index in [4.69, 9.17) is 0 Å². The number of aromatic amines is 1. The average Bonchev–Trinajstić information content (AvgIpc) is 3.06. The van der Waals surface area contributed by atoms with Gasteiger partial charge in [0.05, 0.1) is 12.2 Å². The molecule has 1 aromatic heterocycles. The second kappa shape index (κ2) is 6.57. The third-order valence-corrected chi connectivity index (χ3v) is 5.37. The van der Waals surface area contributed by atoms with Crippen LogP contribution in [0.2, 0.25) is 0 Å². The van der Waals surface area contributed by atoms with Gasteiger partial charge in [-0.05, 0) is 55.7 Å². The molecule has 3 unspecified atom stereocenters. The number of nitrogens with one attached hydrogen (secondary N) is 1. The maximum atomic E-state index is 11.4. The van der Waals surface area contributed by atoms with Gasteiger partial charge in [0.25, 0.3) is 0 Å². The molecule has 4 nitrogen and oxygen atoms in total. The predicted molar refractivity (Wildman–Crippen MR) is 89.4 cm³/mol. The van der Waals surface area contributed by atoms with Crippen molar-refractivity contribution in [2.24, 2.45) is 11.8 Å². The smallest absolute Gasteiger partial charge is 0.306 e. The van der Waals surface area contributed by atoms with Gasteiger partial charge in [0, 0.05) is 17.8 Å². The lowest BCUT2D eigenvalue weighted by Crippen LogP contribution is -2.27. The fourth-order valence-corrected chi connectivity index (χ4v) is 3.98. The molecule has 1 aliphatic rings. The molecule has 0 spiro atoms. The van der Waals surface area contributed by atoms with E-state index in [0.29, 0.717) is 5.92 Å². The lowest BCUT2D eigenvalue weighted by Gasteiger charge is -2.33. The van der Waals surface area contributed by atoms with Crippen LogP contribution in [0.1, 0.15) is 54.0 Å².